The van der Waals surface area contributed by atoms with E-state index in [0.29, 0.717) is 0 Å². The minimum Gasteiger partial charge on any atom is -0.0801 e. The molecule has 0 amide bonds. The smallest absolute Gasteiger partial charge is 0.0801 e. The highest BCUT2D eigenvalue weighted by Gasteiger charge is 2.09. The molecule has 3 rings (SSSR count). The normalized spacial score (nSPS) is 31.4. The molecule has 107 valence electrons. The molecule has 3 fully saturated rings. The van der Waals surface area contributed by atoms with Crippen LogP contribution >= 0.6 is 0 Å². The molecule has 3 heterocycles. The molecule has 3 aliphatic rings. The second kappa shape index (κ2) is 12.0. The second-order valence-corrected chi connectivity index (χ2v) is 6.56. The molecule has 3 aliphatic heterocycles. The largest absolute Gasteiger partial charge is 0.113 e. The lowest BCUT2D eigenvalue weighted by Gasteiger charge is -1.92. The summed E-state index contributed by atoms with van der Waals surface area (Å²) < 4.78 is 0. The summed E-state index contributed by atoms with van der Waals surface area (Å²) in [5.41, 5.74) is 0. The van der Waals surface area contributed by atoms with Gasteiger partial charge in [-0.2, -0.15) is 0 Å². The standard InChI is InChI=1S/3C5H10B.CH4/c2*1-5-2-3-6-4-5;1-5-3-2-4-6-5;/h3*5H,2-4H2,1H3;1H4. The van der Waals surface area contributed by atoms with Gasteiger partial charge in [0.05, 0.1) is 0 Å². The topological polar surface area (TPSA) is 0 Å². The van der Waals surface area contributed by atoms with Gasteiger partial charge in [-0.1, -0.05) is 103 Å². The molecule has 0 aliphatic carbocycles. The highest BCUT2D eigenvalue weighted by atomic mass is 14.0. The van der Waals surface area contributed by atoms with Crippen molar-refractivity contribution in [2.75, 3.05) is 0 Å². The minimum atomic E-state index is 0. The van der Waals surface area contributed by atoms with E-state index in [1.165, 1.54) is 57.3 Å². The third kappa shape index (κ3) is 10.6. The first-order chi connectivity index (χ1) is 8.68. The van der Waals surface area contributed by atoms with Crippen LogP contribution in [0.4, 0.5) is 0 Å². The van der Waals surface area contributed by atoms with E-state index in [-0.39, 0.29) is 7.43 Å². The van der Waals surface area contributed by atoms with Crippen LogP contribution in [0.15, 0.2) is 0 Å². The van der Waals surface area contributed by atoms with Gasteiger partial charge in [0.25, 0.3) is 0 Å². The van der Waals surface area contributed by atoms with Gasteiger partial charge in [-0.15, -0.1) is 0 Å². The van der Waals surface area contributed by atoms with E-state index >= 15 is 0 Å². The van der Waals surface area contributed by atoms with Crippen LogP contribution in [0.1, 0.15) is 53.9 Å². The molecule has 0 aromatic carbocycles. The monoisotopic (exact) mass is 259 g/mol. The lowest BCUT2D eigenvalue weighted by molar-refractivity contribution is 0.658. The maximum atomic E-state index is 2.40. The molecule has 0 bridgehead atoms. The molecule has 3 atom stereocenters. The van der Waals surface area contributed by atoms with Crippen LogP contribution in [0.2, 0.25) is 37.4 Å². The first kappa shape index (κ1) is 19.2. The average molecular weight is 259 g/mol. The number of hydrogen-bond donors (Lipinski definition) is 0. The van der Waals surface area contributed by atoms with E-state index in [1.807, 2.05) is 0 Å². The molecule has 3 heteroatoms. The summed E-state index contributed by atoms with van der Waals surface area (Å²) >= 11 is 0. The first-order valence-electron chi connectivity index (χ1n) is 8.15. The van der Waals surface area contributed by atoms with Crippen LogP contribution in [0, 0.1) is 11.8 Å². The summed E-state index contributed by atoms with van der Waals surface area (Å²) in [6.07, 6.45) is 12.5. The Balaban J connectivity index is 0.000000249. The van der Waals surface area contributed by atoms with Crippen LogP contribution in [-0.4, -0.2) is 21.8 Å². The van der Waals surface area contributed by atoms with Gasteiger partial charge >= 0.3 is 0 Å². The minimum absolute atomic E-state index is 0. The van der Waals surface area contributed by atoms with Crippen LogP contribution in [0.25, 0.3) is 0 Å². The van der Waals surface area contributed by atoms with Crippen LogP contribution in [-0.2, 0) is 0 Å². The third-order valence-electron chi connectivity index (χ3n) is 4.30. The van der Waals surface area contributed by atoms with E-state index in [4.69, 9.17) is 0 Å². The predicted octanol–water partition coefficient (Wildman–Crippen LogP) is 5.48. The summed E-state index contributed by atoms with van der Waals surface area (Å²) in [7, 11) is 7.16. The molecule has 3 saturated heterocycles. The average Bonchev–Trinajstić information content (AvgIpc) is 3.05. The highest BCUT2D eigenvalue weighted by Crippen LogP contribution is 2.21. The summed E-state index contributed by atoms with van der Waals surface area (Å²) in [5, 5.41) is 0. The molecule has 0 nitrogen and oxygen atoms in total. The van der Waals surface area contributed by atoms with Crippen LogP contribution in [0.5, 0.6) is 0 Å². The zero-order valence-electron chi connectivity index (χ0n) is 12.8. The maximum absolute atomic E-state index is 2.40. The molecule has 0 aromatic rings. The molecule has 3 unspecified atom stereocenters. The molecule has 3 radical (unpaired) electrons. The fourth-order valence-electron chi connectivity index (χ4n) is 2.81. The van der Waals surface area contributed by atoms with E-state index in [1.54, 1.807) is 0 Å². The van der Waals surface area contributed by atoms with E-state index in [2.05, 4.69) is 42.6 Å². The Hall–Kier alpha value is 0.195. The van der Waals surface area contributed by atoms with Gasteiger partial charge in [0.1, 0.15) is 21.8 Å². The van der Waals surface area contributed by atoms with Crippen molar-refractivity contribution in [1.82, 2.24) is 0 Å². The lowest BCUT2D eigenvalue weighted by atomic mass is 9.69. The predicted molar refractivity (Wildman–Crippen MR) is 94.2 cm³/mol. The lowest BCUT2D eigenvalue weighted by Crippen LogP contribution is -1.83. The fourth-order valence-corrected chi connectivity index (χ4v) is 2.81. The zero-order chi connectivity index (χ0) is 13.2. The van der Waals surface area contributed by atoms with Crippen LogP contribution < -0.4 is 0 Å². The fraction of sp³-hybridized carbons (Fsp3) is 1.00. The molecule has 19 heavy (non-hydrogen) atoms. The van der Waals surface area contributed by atoms with Crippen molar-refractivity contribution in [3.8, 4) is 0 Å². The van der Waals surface area contributed by atoms with Gasteiger partial charge in [0, 0.05) is 0 Å². The molecule has 0 saturated carbocycles. The third-order valence-corrected chi connectivity index (χ3v) is 4.30. The van der Waals surface area contributed by atoms with Crippen molar-refractivity contribution >= 4 is 21.8 Å². The SMILES string of the molecule is C.CC1C[B]CC1.CC1C[B]CC1.CC1[B]CCC1. The molecular weight excluding hydrogens is 225 g/mol. The Labute approximate surface area is 125 Å². The highest BCUT2D eigenvalue weighted by molar-refractivity contribution is 6.38. The van der Waals surface area contributed by atoms with E-state index in [9.17, 15) is 0 Å². The van der Waals surface area contributed by atoms with Gasteiger partial charge in [-0.3, -0.25) is 0 Å². The van der Waals surface area contributed by atoms with Gasteiger partial charge in [-0.25, -0.2) is 0 Å². The Morgan fingerprint density at radius 1 is 0.737 bits per heavy atom. The van der Waals surface area contributed by atoms with Gasteiger partial charge < -0.3 is 0 Å². The summed E-state index contributed by atoms with van der Waals surface area (Å²) in [6, 6.07) is 0. The molecule has 0 N–H and O–H groups in total. The Morgan fingerprint density at radius 2 is 1.26 bits per heavy atom. The zero-order valence-corrected chi connectivity index (χ0v) is 12.8. The van der Waals surface area contributed by atoms with Crippen LogP contribution in [0.3, 0.4) is 0 Å². The van der Waals surface area contributed by atoms with E-state index < -0.39 is 0 Å². The first-order valence-corrected chi connectivity index (χ1v) is 8.15. The van der Waals surface area contributed by atoms with Gasteiger partial charge in [-0.05, 0) is 0 Å². The molecular formula is C16H34B3. The Kier molecular flexibility index (Phi) is 12.1. The second-order valence-electron chi connectivity index (χ2n) is 6.56. The van der Waals surface area contributed by atoms with Crippen molar-refractivity contribution < 1.29 is 0 Å². The number of hydrogen-bond acceptors (Lipinski definition) is 0. The van der Waals surface area contributed by atoms with Crippen molar-refractivity contribution in [2.24, 2.45) is 11.8 Å². The summed E-state index contributed by atoms with van der Waals surface area (Å²) in [4.78, 5) is 0. The molecule has 0 spiro atoms. The van der Waals surface area contributed by atoms with Crippen molar-refractivity contribution in [3.63, 3.8) is 0 Å². The van der Waals surface area contributed by atoms with Crippen molar-refractivity contribution in [1.29, 1.82) is 0 Å². The van der Waals surface area contributed by atoms with Gasteiger partial charge in [0.15, 0.2) is 0 Å². The van der Waals surface area contributed by atoms with E-state index in [0.717, 1.165) is 17.7 Å². The Morgan fingerprint density at radius 3 is 1.37 bits per heavy atom. The van der Waals surface area contributed by atoms with Crippen molar-refractivity contribution in [2.45, 2.75) is 91.3 Å². The Bertz CT molecular complexity index is 145. The number of rotatable bonds is 0. The molecule has 0 aromatic heterocycles. The maximum Gasteiger partial charge on any atom is 0.113 e. The van der Waals surface area contributed by atoms with Gasteiger partial charge in [0.2, 0.25) is 0 Å². The summed E-state index contributed by atoms with van der Waals surface area (Å²) in [6.45, 7) is 6.90. The quantitative estimate of drug-likeness (QED) is 0.505. The van der Waals surface area contributed by atoms with Crippen molar-refractivity contribution in [3.05, 3.63) is 0 Å². The summed E-state index contributed by atoms with van der Waals surface area (Å²) in [5.74, 6) is 2.90.